The van der Waals surface area contributed by atoms with Gasteiger partial charge in [0.25, 0.3) is 0 Å². The van der Waals surface area contributed by atoms with Gasteiger partial charge in [-0.05, 0) is 24.1 Å². The highest BCUT2D eigenvalue weighted by Crippen LogP contribution is 2.15. The summed E-state index contributed by atoms with van der Waals surface area (Å²) in [5.74, 6) is 1.48. The van der Waals surface area contributed by atoms with E-state index in [-0.39, 0.29) is 0 Å². The molecule has 1 atom stereocenters. The Labute approximate surface area is 173 Å². The fraction of sp³-hybridized carbons (Fsp3) is 0.682. The summed E-state index contributed by atoms with van der Waals surface area (Å²) in [5.41, 5.74) is 3.64. The Morgan fingerprint density at radius 3 is 2.00 bits per heavy atom. The van der Waals surface area contributed by atoms with Gasteiger partial charge in [-0.3, -0.25) is 0 Å². The Morgan fingerprint density at radius 1 is 0.893 bits per heavy atom. The van der Waals surface area contributed by atoms with E-state index in [2.05, 4.69) is 21.1 Å². The van der Waals surface area contributed by atoms with Crippen molar-refractivity contribution in [1.29, 1.82) is 0 Å². The number of hydroxylamine groups is 1. The molecule has 0 aliphatic carbocycles. The predicted octanol–water partition coefficient (Wildman–Crippen LogP) is 5.82. The second-order valence-electron chi connectivity index (χ2n) is 7.50. The van der Waals surface area contributed by atoms with Crippen molar-refractivity contribution in [3.63, 3.8) is 0 Å². The molecule has 0 radical (unpaired) electrons. The van der Waals surface area contributed by atoms with Crippen LogP contribution >= 0.6 is 0 Å². The van der Waals surface area contributed by atoms with Crippen molar-refractivity contribution in [3.8, 4) is 5.75 Å². The Balaban J connectivity index is 1.42. The van der Waals surface area contributed by atoms with Crippen LogP contribution in [0.25, 0.3) is 0 Å². The summed E-state index contributed by atoms with van der Waals surface area (Å²) in [5, 5.41) is 0. The number of rotatable bonds is 16. The normalized spacial score (nSPS) is 16.0. The zero-order valence-electron chi connectivity index (χ0n) is 17.3. The average Bonchev–Trinajstić information content (AvgIpc) is 3.11. The van der Waals surface area contributed by atoms with Gasteiger partial charge in [-0.1, -0.05) is 89.7 Å². The van der Waals surface area contributed by atoms with E-state index in [0.29, 0.717) is 12.3 Å². The summed E-state index contributed by atoms with van der Waals surface area (Å²) in [4.78, 5) is 0. The molecule has 0 saturated heterocycles. The van der Waals surface area contributed by atoms with Gasteiger partial charge in [-0.25, -0.2) is 9.69 Å². The Bertz CT molecular complexity index is 590. The molecule has 1 heterocycles. The smallest absolute Gasteiger partial charge is 0.309 e. The lowest BCUT2D eigenvalue weighted by atomic mass is 10.1. The quantitative estimate of drug-likeness (QED) is 0.350. The maximum atomic E-state index is 11.0. The first kappa shape index (κ1) is 22.9. The molecule has 1 aliphatic heterocycles. The minimum absolute atomic E-state index is 0.574. The first-order valence-corrected chi connectivity index (χ1v) is 12.0. The van der Waals surface area contributed by atoms with Crippen molar-refractivity contribution >= 4 is 17.1 Å². The first-order valence-electron chi connectivity index (χ1n) is 10.9. The standard InChI is InChI=1S/C22H36N2O3S/c1-2-3-4-5-6-7-8-9-10-11-12-13-18-26-21-16-14-20(15-17-21)19-22-23-27-28(25)24-22/h14-17H,2-13,18-19H2,1H3,(H,23,24). The first-order chi connectivity index (χ1) is 13.8. The molecule has 1 unspecified atom stereocenters. The number of hydrogen-bond donors (Lipinski definition) is 1. The molecule has 28 heavy (non-hydrogen) atoms. The minimum Gasteiger partial charge on any atom is -0.494 e. The van der Waals surface area contributed by atoms with E-state index >= 15 is 0 Å². The zero-order valence-corrected chi connectivity index (χ0v) is 18.1. The van der Waals surface area contributed by atoms with Crippen molar-refractivity contribution in [3.05, 3.63) is 29.8 Å². The lowest BCUT2D eigenvalue weighted by Crippen LogP contribution is -2.18. The average molecular weight is 409 g/mol. The van der Waals surface area contributed by atoms with Crippen LogP contribution in [0.15, 0.2) is 28.7 Å². The van der Waals surface area contributed by atoms with E-state index in [1.54, 1.807) is 0 Å². The third-order valence-electron chi connectivity index (χ3n) is 4.98. The monoisotopic (exact) mass is 408 g/mol. The Morgan fingerprint density at radius 2 is 1.46 bits per heavy atom. The van der Waals surface area contributed by atoms with E-state index < -0.39 is 11.3 Å². The van der Waals surface area contributed by atoms with Crippen molar-refractivity contribution in [1.82, 2.24) is 5.48 Å². The molecule has 0 amide bonds. The summed E-state index contributed by atoms with van der Waals surface area (Å²) in [6.07, 6.45) is 16.8. The lowest BCUT2D eigenvalue weighted by Gasteiger charge is -2.07. The largest absolute Gasteiger partial charge is 0.494 e. The molecule has 0 bridgehead atoms. The molecule has 1 aromatic rings. The van der Waals surface area contributed by atoms with Crippen LogP contribution in [-0.4, -0.2) is 16.7 Å². The van der Waals surface area contributed by atoms with Crippen molar-refractivity contribution in [2.45, 2.75) is 90.4 Å². The molecule has 0 fully saturated rings. The molecule has 6 heteroatoms. The molecule has 1 aliphatic rings. The SMILES string of the molecule is CCCCCCCCCCCCCCOc1ccc(CC2=NS(=O)ON2)cc1. The fourth-order valence-corrected chi connectivity index (χ4v) is 3.80. The van der Waals surface area contributed by atoms with E-state index in [0.717, 1.165) is 24.3 Å². The van der Waals surface area contributed by atoms with E-state index in [1.165, 1.54) is 70.6 Å². The van der Waals surface area contributed by atoms with Gasteiger partial charge < -0.3 is 4.74 Å². The van der Waals surface area contributed by atoms with Crippen LogP contribution in [0.4, 0.5) is 0 Å². The maximum Gasteiger partial charge on any atom is 0.309 e. The number of unbranched alkanes of at least 4 members (excludes halogenated alkanes) is 11. The van der Waals surface area contributed by atoms with Gasteiger partial charge in [0.2, 0.25) is 0 Å². The second-order valence-corrected chi connectivity index (χ2v) is 8.28. The molecule has 5 nitrogen and oxygen atoms in total. The number of nitrogens with one attached hydrogen (secondary N) is 1. The van der Waals surface area contributed by atoms with E-state index in [4.69, 9.17) is 4.74 Å². The molecular weight excluding hydrogens is 372 g/mol. The molecular formula is C22H36N2O3S. The van der Waals surface area contributed by atoms with Crippen LogP contribution in [0, 0.1) is 0 Å². The third kappa shape index (κ3) is 10.2. The van der Waals surface area contributed by atoms with E-state index in [1.807, 2.05) is 24.3 Å². The van der Waals surface area contributed by atoms with Crippen molar-refractivity contribution < 1.29 is 13.2 Å². The van der Waals surface area contributed by atoms with Gasteiger partial charge in [0.1, 0.15) is 11.6 Å². The third-order valence-corrected chi connectivity index (χ3v) is 5.57. The number of amidine groups is 1. The predicted molar refractivity (Wildman–Crippen MR) is 117 cm³/mol. The summed E-state index contributed by atoms with van der Waals surface area (Å²) in [6, 6.07) is 7.96. The van der Waals surface area contributed by atoms with Crippen molar-refractivity contribution in [2.24, 2.45) is 4.40 Å². The van der Waals surface area contributed by atoms with Gasteiger partial charge in [0.05, 0.1) is 6.61 Å². The molecule has 0 spiro atoms. The molecule has 2 rings (SSSR count). The summed E-state index contributed by atoms with van der Waals surface area (Å²) in [6.45, 7) is 3.05. The molecule has 1 aromatic carbocycles. The molecule has 158 valence electrons. The molecule has 0 aromatic heterocycles. The molecule has 0 saturated carbocycles. The number of benzene rings is 1. The summed E-state index contributed by atoms with van der Waals surface area (Å²) in [7, 11) is 0. The molecule has 1 N–H and O–H groups in total. The fourth-order valence-electron chi connectivity index (χ4n) is 3.31. The second kappa shape index (κ2) is 14.6. The van der Waals surface area contributed by atoms with Crippen LogP contribution < -0.4 is 10.2 Å². The Kier molecular flexibility index (Phi) is 11.9. The highest BCUT2D eigenvalue weighted by molar-refractivity contribution is 7.79. The zero-order chi connectivity index (χ0) is 19.9. The van der Waals surface area contributed by atoms with Crippen LogP contribution in [-0.2, 0) is 22.0 Å². The summed E-state index contributed by atoms with van der Waals surface area (Å²) >= 11 is -1.59. The van der Waals surface area contributed by atoms with Crippen LogP contribution in [0.2, 0.25) is 0 Å². The minimum atomic E-state index is -1.59. The maximum absolute atomic E-state index is 11.0. The topological polar surface area (TPSA) is 59.9 Å². The number of ether oxygens (including phenoxy) is 1. The van der Waals surface area contributed by atoms with Crippen LogP contribution in [0.5, 0.6) is 5.75 Å². The van der Waals surface area contributed by atoms with Gasteiger partial charge >= 0.3 is 11.3 Å². The Hall–Kier alpha value is -1.40. The number of nitrogens with zero attached hydrogens (tertiary/aromatic N) is 1. The van der Waals surface area contributed by atoms with Gasteiger partial charge in [0.15, 0.2) is 0 Å². The highest BCUT2D eigenvalue weighted by atomic mass is 32.2. The van der Waals surface area contributed by atoms with E-state index in [9.17, 15) is 4.21 Å². The van der Waals surface area contributed by atoms with Crippen molar-refractivity contribution in [2.75, 3.05) is 6.61 Å². The number of hydrogen-bond acceptors (Lipinski definition) is 4. The van der Waals surface area contributed by atoms with Crippen LogP contribution in [0.1, 0.15) is 89.5 Å². The highest BCUT2D eigenvalue weighted by Gasteiger charge is 2.13. The van der Waals surface area contributed by atoms with Gasteiger partial charge in [-0.15, -0.1) is 4.40 Å². The van der Waals surface area contributed by atoms with Gasteiger partial charge in [-0.2, -0.15) is 4.28 Å². The van der Waals surface area contributed by atoms with Gasteiger partial charge in [0, 0.05) is 6.42 Å². The lowest BCUT2D eigenvalue weighted by molar-refractivity contribution is 0.303. The van der Waals surface area contributed by atoms with Crippen LogP contribution in [0.3, 0.4) is 0 Å². The summed E-state index contributed by atoms with van der Waals surface area (Å²) < 4.78 is 25.4.